The summed E-state index contributed by atoms with van der Waals surface area (Å²) in [4.78, 5) is 0. The second-order valence-electron chi connectivity index (χ2n) is 6.05. The number of alkyl halides is 3. The van der Waals surface area contributed by atoms with E-state index >= 15 is 0 Å². The lowest BCUT2D eigenvalue weighted by Gasteiger charge is -2.13. The molecule has 28 heavy (non-hydrogen) atoms. The Morgan fingerprint density at radius 1 is 1.14 bits per heavy atom. The highest BCUT2D eigenvalue weighted by atomic mass is 19.4. The summed E-state index contributed by atoms with van der Waals surface area (Å²) in [6, 6.07) is 12.1. The zero-order valence-corrected chi connectivity index (χ0v) is 14.9. The van der Waals surface area contributed by atoms with Crippen molar-refractivity contribution >= 4 is 0 Å². The highest BCUT2D eigenvalue weighted by Gasteiger charge is 2.30. The summed E-state index contributed by atoms with van der Waals surface area (Å²) >= 11 is 0. The van der Waals surface area contributed by atoms with Crippen LogP contribution in [0.1, 0.15) is 23.0 Å². The fourth-order valence-corrected chi connectivity index (χ4v) is 2.65. The van der Waals surface area contributed by atoms with E-state index in [0.29, 0.717) is 22.8 Å². The Labute approximate surface area is 158 Å². The average Bonchev–Trinajstić information content (AvgIpc) is 3.09. The summed E-state index contributed by atoms with van der Waals surface area (Å²) in [7, 11) is 1.44. The van der Waals surface area contributed by atoms with Gasteiger partial charge in [0.15, 0.2) is 0 Å². The summed E-state index contributed by atoms with van der Waals surface area (Å²) in [5.41, 5.74) is 6.82. The first-order valence-electron chi connectivity index (χ1n) is 8.33. The maximum absolute atomic E-state index is 13.3. The molecule has 3 rings (SSSR count). The van der Waals surface area contributed by atoms with Gasteiger partial charge < -0.3 is 10.5 Å². The second-order valence-corrected chi connectivity index (χ2v) is 6.05. The van der Waals surface area contributed by atoms with Crippen LogP contribution in [0.2, 0.25) is 0 Å². The molecule has 0 aliphatic heterocycles. The number of methoxy groups -OCH3 is 1. The number of hydrogen-bond acceptors (Lipinski definition) is 4. The molecule has 0 saturated carbocycles. The van der Waals surface area contributed by atoms with E-state index in [1.807, 2.05) is 0 Å². The van der Waals surface area contributed by atoms with E-state index in [2.05, 4.69) is 10.4 Å². The number of nitrogens with zero attached hydrogens (tertiary/aromatic N) is 2. The number of hydrogen-bond donors (Lipinski definition) is 2. The van der Waals surface area contributed by atoms with Crippen molar-refractivity contribution in [1.29, 1.82) is 0 Å². The molecule has 0 bridgehead atoms. The van der Waals surface area contributed by atoms with E-state index in [1.54, 1.807) is 18.2 Å². The molecule has 5 nitrogen and oxygen atoms in total. The third-order valence-corrected chi connectivity index (χ3v) is 4.09. The molecule has 0 radical (unpaired) electrons. The van der Waals surface area contributed by atoms with Gasteiger partial charge in [0, 0.05) is 12.6 Å². The van der Waals surface area contributed by atoms with Gasteiger partial charge in [0.25, 0.3) is 0 Å². The highest BCUT2D eigenvalue weighted by molar-refractivity contribution is 5.38. The molecule has 2 aromatic carbocycles. The Bertz CT molecular complexity index is 938. The van der Waals surface area contributed by atoms with Crippen LogP contribution in [0.25, 0.3) is 5.69 Å². The quantitative estimate of drug-likeness (QED) is 0.493. The summed E-state index contributed by atoms with van der Waals surface area (Å²) in [6.07, 6.45) is -5.02. The maximum atomic E-state index is 13.3. The normalized spacial score (nSPS) is 12.8. The summed E-state index contributed by atoms with van der Waals surface area (Å²) in [5.74, 6) is -0.0288. The molecule has 0 saturated heterocycles. The van der Waals surface area contributed by atoms with Crippen molar-refractivity contribution in [2.45, 2.75) is 18.9 Å². The molecule has 0 amide bonds. The van der Waals surface area contributed by atoms with Crippen molar-refractivity contribution in [3.63, 3.8) is 0 Å². The van der Waals surface area contributed by atoms with Gasteiger partial charge in [0.2, 0.25) is 5.88 Å². The molecular weight excluding hydrogens is 376 g/mol. The molecule has 0 aliphatic carbocycles. The fraction of sp³-hybridized carbons (Fsp3) is 0.211. The van der Waals surface area contributed by atoms with E-state index in [1.165, 1.54) is 36.1 Å². The lowest BCUT2D eigenvalue weighted by molar-refractivity contribution is -0.137. The van der Waals surface area contributed by atoms with Crippen LogP contribution in [-0.4, -0.2) is 16.9 Å². The number of nitrogens with one attached hydrogen (secondary N) is 1. The Hall–Kier alpha value is -2.91. The van der Waals surface area contributed by atoms with Crippen molar-refractivity contribution in [3.05, 3.63) is 77.2 Å². The summed E-state index contributed by atoms with van der Waals surface area (Å²) in [5, 5.41) is 7.36. The lowest BCUT2D eigenvalue weighted by Crippen LogP contribution is -2.28. The molecular formula is C19H18F4N4O. The van der Waals surface area contributed by atoms with Crippen molar-refractivity contribution in [2.75, 3.05) is 7.11 Å². The minimum absolute atomic E-state index is 0.252. The van der Waals surface area contributed by atoms with E-state index in [-0.39, 0.29) is 12.4 Å². The topological polar surface area (TPSA) is 65.1 Å². The van der Waals surface area contributed by atoms with Crippen molar-refractivity contribution in [2.24, 2.45) is 5.73 Å². The number of benzene rings is 2. The van der Waals surface area contributed by atoms with Gasteiger partial charge in [-0.3, -0.25) is 5.32 Å². The van der Waals surface area contributed by atoms with Crippen LogP contribution in [0.4, 0.5) is 17.6 Å². The molecule has 148 valence electrons. The van der Waals surface area contributed by atoms with Gasteiger partial charge in [-0.05, 0) is 42.0 Å². The van der Waals surface area contributed by atoms with Gasteiger partial charge in [-0.2, -0.15) is 18.3 Å². The van der Waals surface area contributed by atoms with Gasteiger partial charge in [0.05, 0.1) is 30.2 Å². The number of ether oxygens (including phenoxy) is 1. The molecule has 0 spiro atoms. The molecule has 3 N–H and O–H groups in total. The minimum atomic E-state index is -4.41. The SMILES string of the molecule is COc1cc(CN[C@H](N)c2cccc(F)c2)nn1-c1ccc(C(F)(F)F)cc1. The fourth-order valence-electron chi connectivity index (χ4n) is 2.65. The van der Waals surface area contributed by atoms with E-state index in [4.69, 9.17) is 10.5 Å². The van der Waals surface area contributed by atoms with E-state index < -0.39 is 17.9 Å². The zero-order valence-electron chi connectivity index (χ0n) is 14.9. The molecule has 0 aliphatic rings. The molecule has 1 atom stereocenters. The Kier molecular flexibility index (Phi) is 5.66. The largest absolute Gasteiger partial charge is 0.481 e. The third kappa shape index (κ3) is 4.49. The first kappa shape index (κ1) is 19.8. The summed E-state index contributed by atoms with van der Waals surface area (Å²) in [6.45, 7) is 0.252. The maximum Gasteiger partial charge on any atom is 0.416 e. The molecule has 1 aromatic heterocycles. The minimum Gasteiger partial charge on any atom is -0.481 e. The van der Waals surface area contributed by atoms with Crippen molar-refractivity contribution < 1.29 is 22.3 Å². The number of aromatic nitrogens is 2. The number of rotatable bonds is 6. The predicted octanol–water partition coefficient (Wildman–Crippen LogP) is 3.79. The van der Waals surface area contributed by atoms with Gasteiger partial charge in [-0.25, -0.2) is 9.07 Å². The van der Waals surface area contributed by atoms with Crippen molar-refractivity contribution in [3.8, 4) is 11.6 Å². The Morgan fingerprint density at radius 2 is 1.86 bits per heavy atom. The predicted molar refractivity (Wildman–Crippen MR) is 95.3 cm³/mol. The van der Waals surface area contributed by atoms with Crippen LogP contribution in [-0.2, 0) is 12.7 Å². The van der Waals surface area contributed by atoms with Crippen LogP contribution in [0, 0.1) is 5.82 Å². The van der Waals surface area contributed by atoms with Crippen LogP contribution in [0.15, 0.2) is 54.6 Å². The molecule has 1 heterocycles. The molecule has 3 aromatic rings. The van der Waals surface area contributed by atoms with Crippen molar-refractivity contribution in [1.82, 2.24) is 15.1 Å². The van der Waals surface area contributed by atoms with E-state index in [9.17, 15) is 17.6 Å². The molecule has 0 unspecified atom stereocenters. The number of halogens is 4. The van der Waals surface area contributed by atoms with Gasteiger partial charge >= 0.3 is 6.18 Å². The van der Waals surface area contributed by atoms with Gasteiger partial charge in [0.1, 0.15) is 5.82 Å². The second kappa shape index (κ2) is 7.99. The highest BCUT2D eigenvalue weighted by Crippen LogP contribution is 2.30. The van der Waals surface area contributed by atoms with E-state index in [0.717, 1.165) is 12.1 Å². The van der Waals surface area contributed by atoms with Gasteiger partial charge in [-0.15, -0.1) is 0 Å². The first-order valence-corrected chi connectivity index (χ1v) is 8.33. The van der Waals surface area contributed by atoms with Crippen LogP contribution >= 0.6 is 0 Å². The van der Waals surface area contributed by atoms with Crippen LogP contribution in [0.3, 0.4) is 0 Å². The summed E-state index contributed by atoms with van der Waals surface area (Å²) < 4.78 is 58.1. The zero-order chi connectivity index (χ0) is 20.3. The number of nitrogens with two attached hydrogens (primary N) is 1. The smallest absolute Gasteiger partial charge is 0.416 e. The monoisotopic (exact) mass is 394 g/mol. The Balaban J connectivity index is 1.75. The van der Waals surface area contributed by atoms with Crippen LogP contribution < -0.4 is 15.8 Å². The van der Waals surface area contributed by atoms with Crippen LogP contribution in [0.5, 0.6) is 5.88 Å². The molecule has 0 fully saturated rings. The lowest BCUT2D eigenvalue weighted by atomic mass is 10.2. The average molecular weight is 394 g/mol. The Morgan fingerprint density at radius 3 is 2.46 bits per heavy atom. The third-order valence-electron chi connectivity index (χ3n) is 4.09. The molecule has 9 heteroatoms. The first-order chi connectivity index (χ1) is 13.3. The van der Waals surface area contributed by atoms with Gasteiger partial charge in [-0.1, -0.05) is 12.1 Å². The standard InChI is InChI=1S/C19H18F4N4O/c1-28-17-10-15(11-25-18(24)12-3-2-4-14(20)9-12)26-27(17)16-7-5-13(6-8-16)19(21,22)23/h2-10,18,25H,11,24H2,1H3/t18-/m0/s1.